The first kappa shape index (κ1) is 17.9. The fourth-order valence-corrected chi connectivity index (χ4v) is 2.34. The quantitative estimate of drug-likeness (QED) is 0.599. The van der Waals surface area contributed by atoms with E-state index in [0.29, 0.717) is 19.6 Å². The van der Waals surface area contributed by atoms with Crippen molar-refractivity contribution in [2.24, 2.45) is 0 Å². The molecule has 0 spiro atoms. The van der Waals surface area contributed by atoms with Crippen molar-refractivity contribution < 1.29 is 19.1 Å². The maximum atomic E-state index is 11.8. The lowest BCUT2D eigenvalue weighted by molar-refractivity contribution is -0.141. The number of carbonyl (C=O) groups excluding carboxylic acids is 2. The molecule has 1 N–H and O–H groups in total. The summed E-state index contributed by atoms with van der Waals surface area (Å²) in [5.74, 6) is -0.147. The third-order valence-corrected chi connectivity index (χ3v) is 3.52. The number of hydrogen-bond acceptors (Lipinski definition) is 6. The van der Waals surface area contributed by atoms with E-state index in [4.69, 9.17) is 4.74 Å². The predicted octanol–water partition coefficient (Wildman–Crippen LogP) is -0.682. The molecule has 1 heterocycles. The van der Waals surface area contributed by atoms with Crippen molar-refractivity contribution in [3.63, 3.8) is 0 Å². The van der Waals surface area contributed by atoms with Crippen molar-refractivity contribution in [3.05, 3.63) is 0 Å². The van der Waals surface area contributed by atoms with Crippen LogP contribution in [-0.4, -0.2) is 87.8 Å². The Balaban J connectivity index is 2.18. The molecule has 7 heteroatoms. The lowest BCUT2D eigenvalue weighted by Crippen LogP contribution is -2.50. The van der Waals surface area contributed by atoms with Gasteiger partial charge in [0.15, 0.2) is 0 Å². The monoisotopic (exact) mass is 301 g/mol. The fourth-order valence-electron chi connectivity index (χ4n) is 2.34. The Morgan fingerprint density at radius 1 is 1.14 bits per heavy atom. The summed E-state index contributed by atoms with van der Waals surface area (Å²) >= 11 is 0. The highest BCUT2D eigenvalue weighted by Crippen LogP contribution is 2.02. The molecule has 0 aromatic carbocycles. The van der Waals surface area contributed by atoms with Crippen LogP contribution in [0.15, 0.2) is 0 Å². The van der Waals surface area contributed by atoms with Crippen LogP contribution in [0.3, 0.4) is 0 Å². The Kier molecular flexibility index (Phi) is 8.26. The summed E-state index contributed by atoms with van der Waals surface area (Å²) in [4.78, 5) is 27.3. The van der Waals surface area contributed by atoms with Crippen LogP contribution in [0.4, 0.5) is 0 Å². The number of carbonyl (C=O) groups is 2. The van der Waals surface area contributed by atoms with E-state index < -0.39 is 0 Å². The first-order chi connectivity index (χ1) is 10.0. The molecule has 1 aliphatic rings. The van der Waals surface area contributed by atoms with Gasteiger partial charge in [-0.05, 0) is 6.92 Å². The van der Waals surface area contributed by atoms with E-state index in [2.05, 4.69) is 19.9 Å². The van der Waals surface area contributed by atoms with E-state index >= 15 is 0 Å². The van der Waals surface area contributed by atoms with Crippen molar-refractivity contribution in [1.82, 2.24) is 15.1 Å². The van der Waals surface area contributed by atoms with Crippen molar-refractivity contribution in [3.8, 4) is 0 Å². The van der Waals surface area contributed by atoms with Gasteiger partial charge in [-0.15, -0.1) is 0 Å². The summed E-state index contributed by atoms with van der Waals surface area (Å²) in [6, 6.07) is 0.0313. The molecule has 0 aliphatic carbocycles. The summed E-state index contributed by atoms with van der Waals surface area (Å²) in [6.45, 7) is 7.01. The summed E-state index contributed by atoms with van der Waals surface area (Å²) in [7, 11) is 3.03. The zero-order chi connectivity index (χ0) is 15.7. The maximum absolute atomic E-state index is 11.8. The third kappa shape index (κ3) is 7.40. The van der Waals surface area contributed by atoms with Crippen LogP contribution in [0, 0.1) is 0 Å². The fraction of sp³-hybridized carbons (Fsp3) is 0.857. The van der Waals surface area contributed by atoms with Gasteiger partial charge in [0.1, 0.15) is 0 Å². The predicted molar refractivity (Wildman–Crippen MR) is 79.0 cm³/mol. The normalized spacial score (nSPS) is 18.2. The van der Waals surface area contributed by atoms with E-state index in [1.165, 1.54) is 7.11 Å². The maximum Gasteiger partial charge on any atom is 0.306 e. The Bertz CT molecular complexity index is 330. The van der Waals surface area contributed by atoms with Gasteiger partial charge in [-0.3, -0.25) is 14.5 Å². The van der Waals surface area contributed by atoms with Crippen LogP contribution in [0.1, 0.15) is 13.3 Å². The van der Waals surface area contributed by atoms with Gasteiger partial charge < -0.3 is 19.7 Å². The Labute approximate surface area is 126 Å². The molecule has 1 atom stereocenters. The second kappa shape index (κ2) is 9.70. The molecule has 0 aromatic heterocycles. The van der Waals surface area contributed by atoms with Crippen molar-refractivity contribution in [1.29, 1.82) is 0 Å². The number of nitrogens with zero attached hydrogens (tertiary/aromatic N) is 2. The zero-order valence-electron chi connectivity index (χ0n) is 13.3. The van der Waals surface area contributed by atoms with Gasteiger partial charge in [0, 0.05) is 45.9 Å². The lowest BCUT2D eigenvalue weighted by atomic mass is 10.2. The molecule has 0 saturated carbocycles. The molecular weight excluding hydrogens is 274 g/mol. The van der Waals surface area contributed by atoms with Crippen LogP contribution in [0.5, 0.6) is 0 Å². The Hall–Kier alpha value is -1.18. The Morgan fingerprint density at radius 3 is 2.33 bits per heavy atom. The second-order valence-corrected chi connectivity index (χ2v) is 5.37. The molecule has 0 radical (unpaired) electrons. The smallest absolute Gasteiger partial charge is 0.306 e. The molecule has 1 saturated heterocycles. The molecule has 1 unspecified atom stereocenters. The largest absolute Gasteiger partial charge is 0.469 e. The van der Waals surface area contributed by atoms with Crippen LogP contribution < -0.4 is 5.32 Å². The molecule has 122 valence electrons. The summed E-state index contributed by atoms with van der Waals surface area (Å²) < 4.78 is 9.62. The molecule has 1 fully saturated rings. The van der Waals surface area contributed by atoms with Crippen molar-refractivity contribution in [2.45, 2.75) is 19.4 Å². The number of esters is 1. The van der Waals surface area contributed by atoms with Crippen LogP contribution in [0.25, 0.3) is 0 Å². The highest BCUT2D eigenvalue weighted by atomic mass is 16.5. The second-order valence-electron chi connectivity index (χ2n) is 5.37. The number of hydrogen-bond donors (Lipinski definition) is 1. The minimum atomic E-state index is -0.177. The molecule has 1 aliphatic heterocycles. The summed E-state index contributed by atoms with van der Waals surface area (Å²) in [6.07, 6.45) is 0.422. The average molecular weight is 301 g/mol. The summed E-state index contributed by atoms with van der Waals surface area (Å²) in [5.41, 5.74) is 0. The number of nitrogens with one attached hydrogen (secondary N) is 1. The average Bonchev–Trinajstić information content (AvgIpc) is 2.46. The highest BCUT2D eigenvalue weighted by molar-refractivity contribution is 5.78. The van der Waals surface area contributed by atoms with E-state index in [-0.39, 0.29) is 17.9 Å². The molecule has 21 heavy (non-hydrogen) atoms. The van der Waals surface area contributed by atoms with Gasteiger partial charge in [-0.25, -0.2) is 0 Å². The number of amides is 1. The lowest BCUT2D eigenvalue weighted by Gasteiger charge is -2.34. The topological polar surface area (TPSA) is 71.1 Å². The SMILES string of the molecule is COCC(C)NC(=O)CN1CCN(CCC(=O)OC)CC1. The molecule has 1 amide bonds. The van der Waals surface area contributed by atoms with Crippen molar-refractivity contribution in [2.75, 3.05) is 60.1 Å². The van der Waals surface area contributed by atoms with E-state index in [9.17, 15) is 9.59 Å². The minimum absolute atomic E-state index is 0.0301. The Morgan fingerprint density at radius 2 is 1.76 bits per heavy atom. The van der Waals surface area contributed by atoms with Gasteiger partial charge >= 0.3 is 5.97 Å². The van der Waals surface area contributed by atoms with Crippen LogP contribution in [-0.2, 0) is 19.1 Å². The van der Waals surface area contributed by atoms with Crippen LogP contribution in [0.2, 0.25) is 0 Å². The highest BCUT2D eigenvalue weighted by Gasteiger charge is 2.19. The zero-order valence-corrected chi connectivity index (χ0v) is 13.3. The number of ether oxygens (including phenoxy) is 2. The molecule has 0 bridgehead atoms. The standard InChI is InChI=1S/C14H27N3O4/c1-12(11-20-2)15-13(18)10-17-8-6-16(7-9-17)5-4-14(19)21-3/h12H,4-11H2,1-3H3,(H,15,18). The minimum Gasteiger partial charge on any atom is -0.469 e. The summed E-state index contributed by atoms with van der Waals surface area (Å²) in [5, 5.41) is 2.91. The van der Waals surface area contributed by atoms with Gasteiger partial charge in [0.05, 0.1) is 26.7 Å². The molecule has 0 aromatic rings. The van der Waals surface area contributed by atoms with Crippen LogP contribution >= 0.6 is 0 Å². The van der Waals surface area contributed by atoms with Gasteiger partial charge in [-0.1, -0.05) is 0 Å². The number of methoxy groups -OCH3 is 2. The number of rotatable bonds is 8. The van der Waals surface area contributed by atoms with Gasteiger partial charge in [0.2, 0.25) is 5.91 Å². The van der Waals surface area contributed by atoms with Gasteiger partial charge in [-0.2, -0.15) is 0 Å². The molecule has 7 nitrogen and oxygen atoms in total. The molecular formula is C14H27N3O4. The third-order valence-electron chi connectivity index (χ3n) is 3.52. The first-order valence-electron chi connectivity index (χ1n) is 7.35. The van der Waals surface area contributed by atoms with E-state index in [0.717, 1.165) is 32.7 Å². The first-order valence-corrected chi connectivity index (χ1v) is 7.35. The van der Waals surface area contributed by atoms with E-state index in [1.807, 2.05) is 6.92 Å². The molecule has 1 rings (SSSR count). The van der Waals surface area contributed by atoms with E-state index in [1.54, 1.807) is 7.11 Å². The van der Waals surface area contributed by atoms with Crippen molar-refractivity contribution >= 4 is 11.9 Å². The number of piperazine rings is 1. The van der Waals surface area contributed by atoms with Gasteiger partial charge in [0.25, 0.3) is 0 Å².